The molecule has 3 fully saturated rings. The van der Waals surface area contributed by atoms with E-state index in [1.54, 1.807) is 12.1 Å². The van der Waals surface area contributed by atoms with Crippen molar-refractivity contribution < 1.29 is 37.3 Å². The Kier molecular flexibility index (Phi) is 10.2. The molecule has 238 valence electrons. The first kappa shape index (κ1) is 32.3. The summed E-state index contributed by atoms with van der Waals surface area (Å²) in [5.41, 5.74) is 6.71. The van der Waals surface area contributed by atoms with E-state index in [9.17, 15) is 23.1 Å². The van der Waals surface area contributed by atoms with Crippen molar-refractivity contribution in [2.45, 2.75) is 56.5 Å². The van der Waals surface area contributed by atoms with E-state index in [1.807, 2.05) is 44.2 Å². The molecule has 44 heavy (non-hydrogen) atoms. The summed E-state index contributed by atoms with van der Waals surface area (Å²) in [6.45, 7) is 4.81. The van der Waals surface area contributed by atoms with Crippen LogP contribution in [0.3, 0.4) is 0 Å². The Balaban J connectivity index is 1.32. The van der Waals surface area contributed by atoms with Crippen LogP contribution in [0.25, 0.3) is 6.08 Å². The van der Waals surface area contributed by atoms with Crippen LogP contribution in [0.5, 0.6) is 0 Å². The highest BCUT2D eigenvalue weighted by molar-refractivity contribution is 7.89. The molecule has 3 N–H and O–H groups in total. The molecule has 1 saturated carbocycles. The summed E-state index contributed by atoms with van der Waals surface area (Å²) >= 11 is 0. The third-order valence-electron chi connectivity index (χ3n) is 8.79. The Labute approximate surface area is 259 Å². The Bertz CT molecular complexity index is 1430. The molecular weight excluding hydrogens is 584 g/mol. The lowest BCUT2D eigenvalue weighted by atomic mass is 9.90. The summed E-state index contributed by atoms with van der Waals surface area (Å²) in [6, 6.07) is 15.6. The summed E-state index contributed by atoms with van der Waals surface area (Å²) in [4.78, 5) is 24.5. The molecule has 11 heteroatoms. The van der Waals surface area contributed by atoms with Gasteiger partial charge in [0.2, 0.25) is 15.9 Å². The van der Waals surface area contributed by atoms with Gasteiger partial charge in [-0.15, -0.1) is 0 Å². The topological polar surface area (TPSA) is 145 Å². The van der Waals surface area contributed by atoms with Gasteiger partial charge in [0.1, 0.15) is 6.10 Å². The molecule has 2 heterocycles. The van der Waals surface area contributed by atoms with Gasteiger partial charge in [-0.25, -0.2) is 8.42 Å². The minimum atomic E-state index is -3.99. The molecule has 2 saturated heterocycles. The van der Waals surface area contributed by atoms with Gasteiger partial charge in [-0.2, -0.15) is 4.31 Å². The number of sulfonamides is 1. The quantitative estimate of drug-likeness (QED) is 0.241. The number of carbonyl (C=O) groups excluding carboxylic acids is 2. The normalized spacial score (nSPS) is 25.9. The highest BCUT2D eigenvalue weighted by Crippen LogP contribution is 2.49. The minimum absolute atomic E-state index is 0.0197. The number of ether oxygens (including phenoxy) is 3. The summed E-state index contributed by atoms with van der Waals surface area (Å²) in [5.74, 6) is -1.14. The number of rotatable bonds is 14. The first-order valence-electron chi connectivity index (χ1n) is 15.2. The first-order chi connectivity index (χ1) is 21.0. The predicted molar refractivity (Wildman–Crippen MR) is 163 cm³/mol. The summed E-state index contributed by atoms with van der Waals surface area (Å²) in [6.07, 6.45) is 2.30. The van der Waals surface area contributed by atoms with E-state index in [4.69, 9.17) is 19.9 Å². The largest absolute Gasteiger partial charge is 0.462 e. The molecule has 2 bridgehead atoms. The highest BCUT2D eigenvalue weighted by Gasteiger charge is 2.56. The van der Waals surface area contributed by atoms with Crippen LogP contribution in [0, 0.1) is 29.6 Å². The van der Waals surface area contributed by atoms with Crippen LogP contribution < -0.4 is 5.73 Å². The zero-order valence-electron chi connectivity index (χ0n) is 25.2. The van der Waals surface area contributed by atoms with Crippen molar-refractivity contribution in [3.63, 3.8) is 0 Å². The van der Waals surface area contributed by atoms with E-state index in [1.165, 1.54) is 28.6 Å². The SMILES string of the molecule is CC(C)CN(C[C@@H](O)[C@@H](CC(=O)OC1C2COC3OCC1C3C2)Cc1ccccc1)S(=O)(=O)c1ccc(/C=C/C(N)=O)cc1. The number of fused-ring (bicyclic) bond motifs is 1. The predicted octanol–water partition coefficient (Wildman–Crippen LogP) is 2.99. The second-order valence-electron chi connectivity index (χ2n) is 12.6. The van der Waals surface area contributed by atoms with Crippen LogP contribution in [-0.4, -0.2) is 74.5 Å². The van der Waals surface area contributed by atoms with Gasteiger partial charge >= 0.3 is 5.97 Å². The monoisotopic (exact) mass is 626 g/mol. The van der Waals surface area contributed by atoms with Crippen molar-refractivity contribution in [2.24, 2.45) is 35.3 Å². The number of primary amides is 1. The molecule has 10 nitrogen and oxygen atoms in total. The number of esters is 1. The van der Waals surface area contributed by atoms with Crippen LogP contribution in [0.2, 0.25) is 0 Å². The van der Waals surface area contributed by atoms with Crippen LogP contribution in [0.1, 0.15) is 37.8 Å². The second-order valence-corrected chi connectivity index (χ2v) is 14.5. The molecule has 0 spiro atoms. The lowest BCUT2D eigenvalue weighted by Crippen LogP contribution is -2.43. The first-order valence-corrected chi connectivity index (χ1v) is 16.7. The molecule has 5 rings (SSSR count). The number of amides is 1. The third kappa shape index (κ3) is 7.58. The standard InChI is InChI=1S/C33H42N2O8S/c1-21(2)17-35(44(39,40)26-11-8-22(9-12-26)10-13-30(34)37)18-29(36)24(14-23-6-4-3-5-7-23)16-31(38)43-32-25-15-27-28(32)20-42-33(27)41-19-25/h3-13,21,24-25,27-29,32-33,36H,14-20H2,1-2H3,(H2,34,37)/b13-10+/t24-,25?,27?,28?,29-,32?,33?/m1/s1. The van der Waals surface area contributed by atoms with Gasteiger partial charge in [0, 0.05) is 42.8 Å². The highest BCUT2D eigenvalue weighted by atomic mass is 32.2. The zero-order valence-corrected chi connectivity index (χ0v) is 26.0. The van der Waals surface area contributed by atoms with E-state index >= 15 is 0 Å². The van der Waals surface area contributed by atoms with Gasteiger partial charge in [-0.3, -0.25) is 9.59 Å². The Morgan fingerprint density at radius 3 is 2.43 bits per heavy atom. The number of carbonyl (C=O) groups is 2. The maximum Gasteiger partial charge on any atom is 0.306 e. The Hall–Kier alpha value is -3.09. The fraction of sp³-hybridized carbons (Fsp3) is 0.515. The van der Waals surface area contributed by atoms with Crippen molar-refractivity contribution in [3.05, 3.63) is 71.8 Å². The molecular formula is C33H42N2O8S. The Morgan fingerprint density at radius 2 is 1.75 bits per heavy atom. The van der Waals surface area contributed by atoms with E-state index in [2.05, 4.69) is 0 Å². The van der Waals surface area contributed by atoms with Crippen LogP contribution in [0.15, 0.2) is 65.6 Å². The van der Waals surface area contributed by atoms with E-state index < -0.39 is 33.9 Å². The number of hydrogen-bond donors (Lipinski definition) is 2. The van der Waals surface area contributed by atoms with Gasteiger partial charge in [-0.05, 0) is 48.1 Å². The summed E-state index contributed by atoms with van der Waals surface area (Å²) in [7, 11) is -3.99. The molecule has 2 aliphatic heterocycles. The molecule has 1 aliphatic carbocycles. The van der Waals surface area contributed by atoms with Gasteiger partial charge in [0.15, 0.2) is 6.29 Å². The van der Waals surface area contributed by atoms with Crippen molar-refractivity contribution >= 4 is 28.0 Å². The molecule has 3 aliphatic rings. The second kappa shape index (κ2) is 13.9. The van der Waals surface area contributed by atoms with Crippen LogP contribution in [-0.2, 0) is 40.2 Å². The van der Waals surface area contributed by atoms with Crippen molar-refractivity contribution in [2.75, 3.05) is 26.3 Å². The number of nitrogens with zero attached hydrogens (tertiary/aromatic N) is 1. The molecule has 2 aromatic rings. The maximum absolute atomic E-state index is 13.8. The van der Waals surface area contributed by atoms with Gasteiger partial charge in [0.25, 0.3) is 0 Å². The number of aliphatic hydroxyl groups excluding tert-OH is 1. The van der Waals surface area contributed by atoms with E-state index in [0.29, 0.717) is 25.2 Å². The average Bonchev–Trinajstić information content (AvgIpc) is 3.52. The molecule has 0 aromatic heterocycles. The van der Waals surface area contributed by atoms with Gasteiger partial charge < -0.3 is 25.1 Å². The molecule has 7 atom stereocenters. The number of aliphatic hydroxyl groups is 1. The molecule has 5 unspecified atom stereocenters. The van der Waals surface area contributed by atoms with E-state index in [-0.39, 0.29) is 60.5 Å². The Morgan fingerprint density at radius 1 is 1.05 bits per heavy atom. The summed E-state index contributed by atoms with van der Waals surface area (Å²) in [5, 5.41) is 11.6. The lowest BCUT2D eigenvalue weighted by molar-refractivity contribution is -0.178. The smallest absolute Gasteiger partial charge is 0.306 e. The third-order valence-corrected chi connectivity index (χ3v) is 10.6. The number of nitrogens with two attached hydrogens (primary N) is 1. The van der Waals surface area contributed by atoms with Crippen LogP contribution in [0.4, 0.5) is 0 Å². The van der Waals surface area contributed by atoms with Gasteiger partial charge in [-0.1, -0.05) is 56.3 Å². The molecule has 2 aromatic carbocycles. The van der Waals surface area contributed by atoms with Crippen molar-refractivity contribution in [1.82, 2.24) is 4.31 Å². The minimum Gasteiger partial charge on any atom is -0.462 e. The van der Waals surface area contributed by atoms with E-state index in [0.717, 1.165) is 12.0 Å². The lowest BCUT2D eigenvalue weighted by Gasteiger charge is -2.31. The molecule has 1 amide bonds. The average molecular weight is 627 g/mol. The fourth-order valence-electron chi connectivity index (χ4n) is 6.64. The summed E-state index contributed by atoms with van der Waals surface area (Å²) < 4.78 is 46.5. The van der Waals surface area contributed by atoms with Crippen LogP contribution >= 0.6 is 0 Å². The number of hydrogen-bond acceptors (Lipinski definition) is 8. The van der Waals surface area contributed by atoms with Crippen molar-refractivity contribution in [3.8, 4) is 0 Å². The molecule has 0 radical (unpaired) electrons. The fourth-order valence-corrected chi connectivity index (χ4v) is 8.26. The number of benzene rings is 2. The maximum atomic E-state index is 13.8. The van der Waals surface area contributed by atoms with Gasteiger partial charge in [0.05, 0.1) is 30.6 Å². The zero-order chi connectivity index (χ0) is 31.4. The van der Waals surface area contributed by atoms with Crippen molar-refractivity contribution in [1.29, 1.82) is 0 Å².